The fraction of sp³-hybridized carbons (Fsp3) is 0.581. The van der Waals surface area contributed by atoms with Gasteiger partial charge in [-0.05, 0) is 25.3 Å². The molecule has 332 valence electrons. The number of carbonyl (C=O) groups is 2. The summed E-state index contributed by atoms with van der Waals surface area (Å²) in [7, 11) is -10.6. The summed E-state index contributed by atoms with van der Waals surface area (Å²) in [6, 6.07) is -0.255. The molecule has 25 nitrogen and oxygen atoms in total. The Morgan fingerprint density at radius 1 is 0.983 bits per heavy atom. The highest BCUT2D eigenvalue weighted by Gasteiger charge is 2.52. The molecule has 10 N–H and O–H groups in total. The Labute approximate surface area is 337 Å². The molecular weight excluding hydrogens is 854 g/mol. The number of hydrogen-bond donors (Lipinski definition) is 8. The van der Waals surface area contributed by atoms with Crippen LogP contribution in [0.4, 0.5) is 20.4 Å². The van der Waals surface area contributed by atoms with Crippen LogP contribution in [-0.4, -0.2) is 128 Å². The maximum atomic E-state index is 13.7. The van der Waals surface area contributed by atoms with Gasteiger partial charge in [0.05, 0.1) is 19.5 Å². The van der Waals surface area contributed by atoms with Crippen molar-refractivity contribution in [3.63, 3.8) is 0 Å². The molecule has 0 saturated carbocycles. The number of carbonyl (C=O) groups excluding carboxylic acids is 2. The first kappa shape index (κ1) is 46.7. The number of unbranched alkanes of at least 4 members (excludes halogenated alkanes) is 1. The van der Waals surface area contributed by atoms with E-state index >= 15 is 0 Å². The lowest BCUT2D eigenvalue weighted by molar-refractivity contribution is -0.160. The second-order valence-corrected chi connectivity index (χ2v) is 16.0. The van der Waals surface area contributed by atoms with Gasteiger partial charge in [-0.2, -0.15) is 4.98 Å². The van der Waals surface area contributed by atoms with E-state index in [9.17, 15) is 57.2 Å². The second kappa shape index (κ2) is 20.0. The van der Waals surface area contributed by atoms with Crippen molar-refractivity contribution in [1.82, 2.24) is 34.4 Å². The molecule has 0 bridgehead atoms. The van der Waals surface area contributed by atoms with Crippen LogP contribution in [0.2, 0.25) is 0 Å². The van der Waals surface area contributed by atoms with Crippen LogP contribution in [0.1, 0.15) is 51.0 Å². The molecule has 10 atom stereocenters. The van der Waals surface area contributed by atoms with E-state index in [1.165, 1.54) is 10.6 Å². The number of anilines is 2. The van der Waals surface area contributed by atoms with Crippen molar-refractivity contribution in [2.75, 3.05) is 24.7 Å². The number of ether oxygens (including phenoxy) is 3. The van der Waals surface area contributed by atoms with Crippen LogP contribution in [0.15, 0.2) is 42.4 Å². The molecule has 0 radical (unpaired) electrons. The van der Waals surface area contributed by atoms with E-state index in [1.54, 1.807) is 0 Å². The van der Waals surface area contributed by atoms with Crippen molar-refractivity contribution in [2.45, 2.75) is 100 Å². The summed E-state index contributed by atoms with van der Waals surface area (Å²) < 4.78 is 84.6. The minimum atomic E-state index is -5.45. The number of imidazole rings is 1. The number of aliphatic hydroxyl groups is 2. The maximum absolute atomic E-state index is 13.7. The van der Waals surface area contributed by atoms with Crippen LogP contribution in [-0.2, 0) is 46.5 Å². The first-order chi connectivity index (χ1) is 28.3. The summed E-state index contributed by atoms with van der Waals surface area (Å²) in [4.78, 5) is 83.8. The molecule has 2 aliphatic rings. The number of rotatable bonds is 21. The van der Waals surface area contributed by atoms with Crippen molar-refractivity contribution in [3.8, 4) is 0 Å². The van der Waals surface area contributed by atoms with E-state index in [2.05, 4.69) is 36.4 Å². The zero-order valence-electron chi connectivity index (χ0n) is 31.2. The van der Waals surface area contributed by atoms with Gasteiger partial charge in [-0.1, -0.05) is 12.5 Å². The topological polar surface area (TPSA) is 367 Å². The van der Waals surface area contributed by atoms with Gasteiger partial charge in [-0.25, -0.2) is 42.5 Å². The number of phosphoric ester groups is 2. The standard InChI is InChI=1S/C31H43F2N9O16P2/c1-2-3-8-20(43)39-15(6-4-5-7-18(32)33)30(46)57-24-16(55-29(22(24)44)42-14-38-21-26(35)36-13-37-27(21)42)12-54-60(51,52)58-25-17(11-53-59(48,49)50)56-28(23(25)45)41-10-9-19(34)40-31(41)47/h2,9-10,13-18,22-25,28-29,44-45H,1,3-8,11-12H2,(H,39,43)(H,51,52)(H2,34,40,47)(H2,35,36,37)(H2,48,49,50)/t15-,16+,17+,22+,23+,24+,25+,28+,29+/m0/s1. The van der Waals surface area contributed by atoms with Gasteiger partial charge in [0.15, 0.2) is 30.0 Å². The largest absolute Gasteiger partial charge is 0.472 e. The van der Waals surface area contributed by atoms with Crippen LogP contribution in [0.25, 0.3) is 11.2 Å². The number of fused-ring (bicyclic) bond motifs is 1. The van der Waals surface area contributed by atoms with E-state index < -0.39 is 114 Å². The third-order valence-electron chi connectivity index (χ3n) is 9.08. The highest BCUT2D eigenvalue weighted by molar-refractivity contribution is 7.47. The summed E-state index contributed by atoms with van der Waals surface area (Å²) in [5, 5.41) is 25.1. The van der Waals surface area contributed by atoms with Crippen molar-refractivity contribution < 1.29 is 80.2 Å². The van der Waals surface area contributed by atoms with Crippen molar-refractivity contribution in [3.05, 3.63) is 48.1 Å². The lowest BCUT2D eigenvalue weighted by Crippen LogP contribution is -2.46. The molecule has 5 heterocycles. The lowest BCUT2D eigenvalue weighted by Gasteiger charge is -2.26. The fourth-order valence-electron chi connectivity index (χ4n) is 6.25. The number of esters is 1. The Bertz CT molecular complexity index is 2150. The number of amides is 1. The highest BCUT2D eigenvalue weighted by atomic mass is 31.2. The van der Waals surface area contributed by atoms with Gasteiger partial charge in [0.1, 0.15) is 54.2 Å². The number of aromatic nitrogens is 6. The van der Waals surface area contributed by atoms with E-state index in [0.29, 0.717) is 0 Å². The van der Waals surface area contributed by atoms with Crippen molar-refractivity contribution in [2.24, 2.45) is 0 Å². The number of aliphatic hydroxyl groups excluding tert-OH is 2. The molecule has 2 saturated heterocycles. The number of allylic oxidation sites excluding steroid dienone is 1. The molecule has 60 heavy (non-hydrogen) atoms. The molecule has 29 heteroatoms. The molecule has 2 fully saturated rings. The Morgan fingerprint density at radius 3 is 2.30 bits per heavy atom. The second-order valence-electron chi connectivity index (χ2n) is 13.4. The van der Waals surface area contributed by atoms with Crippen LogP contribution in [0.5, 0.6) is 0 Å². The van der Waals surface area contributed by atoms with Gasteiger partial charge < -0.3 is 55.9 Å². The van der Waals surface area contributed by atoms with Crippen LogP contribution in [0, 0.1) is 0 Å². The minimum Gasteiger partial charge on any atom is -0.455 e. The Balaban J connectivity index is 1.38. The number of nitrogens with one attached hydrogen (secondary N) is 1. The summed E-state index contributed by atoms with van der Waals surface area (Å²) >= 11 is 0. The molecule has 0 spiro atoms. The van der Waals surface area contributed by atoms with Crippen molar-refractivity contribution >= 4 is 50.3 Å². The molecule has 0 aromatic carbocycles. The number of nitrogens with zero attached hydrogens (tertiary/aromatic N) is 6. The maximum Gasteiger partial charge on any atom is 0.472 e. The van der Waals surface area contributed by atoms with Gasteiger partial charge in [0, 0.05) is 19.0 Å². The predicted molar refractivity (Wildman–Crippen MR) is 197 cm³/mol. The van der Waals surface area contributed by atoms with Crippen molar-refractivity contribution in [1.29, 1.82) is 0 Å². The van der Waals surface area contributed by atoms with Crippen LogP contribution < -0.4 is 22.5 Å². The third-order valence-corrected chi connectivity index (χ3v) is 10.6. The lowest BCUT2D eigenvalue weighted by atomic mass is 10.1. The Kier molecular flexibility index (Phi) is 15.6. The quantitative estimate of drug-likeness (QED) is 0.0291. The number of alkyl halides is 2. The Hall–Kier alpha value is -4.37. The number of hydrogen-bond acceptors (Lipinski definition) is 19. The van der Waals surface area contributed by atoms with E-state index in [-0.39, 0.29) is 54.9 Å². The number of phosphoric acid groups is 2. The molecule has 1 amide bonds. The first-order valence-corrected chi connectivity index (χ1v) is 21.0. The number of nitrogen functional groups attached to an aromatic ring is 2. The first-order valence-electron chi connectivity index (χ1n) is 18.0. The SMILES string of the molecule is C=CCCC(=O)N[C@@H](CCCCC(F)F)C(=O)O[C@H]1[C@@H](O)[C@H](n2cnc3c(N)ncnc32)O[C@@H]1COP(=O)(O)O[C@H]1[C@@H](O)[C@H](n2ccc(N)nc2=O)O[C@@H]1COP(=O)(O)O. The van der Waals surface area contributed by atoms with Crippen LogP contribution >= 0.6 is 15.6 Å². The number of halogens is 2. The molecule has 3 aromatic heterocycles. The Morgan fingerprint density at radius 2 is 1.63 bits per heavy atom. The van der Waals surface area contributed by atoms with Crippen LogP contribution in [0.3, 0.4) is 0 Å². The zero-order valence-corrected chi connectivity index (χ0v) is 33.0. The fourth-order valence-corrected chi connectivity index (χ4v) is 7.56. The predicted octanol–water partition coefficient (Wildman–Crippen LogP) is -0.436. The zero-order chi connectivity index (χ0) is 43.9. The average molecular weight is 898 g/mol. The molecule has 2 aliphatic heterocycles. The third kappa shape index (κ3) is 11.9. The summed E-state index contributed by atoms with van der Waals surface area (Å²) in [6.07, 6.45) is -12.5. The molecule has 1 unspecified atom stereocenters. The van der Waals surface area contributed by atoms with Gasteiger partial charge in [-0.15, -0.1) is 6.58 Å². The van der Waals surface area contributed by atoms with Gasteiger partial charge in [-0.3, -0.25) is 27.5 Å². The van der Waals surface area contributed by atoms with E-state index in [0.717, 1.165) is 29.5 Å². The average Bonchev–Trinajstić information content (AvgIpc) is 3.83. The van der Waals surface area contributed by atoms with Gasteiger partial charge in [0.2, 0.25) is 12.3 Å². The monoisotopic (exact) mass is 897 g/mol. The smallest absolute Gasteiger partial charge is 0.455 e. The summed E-state index contributed by atoms with van der Waals surface area (Å²) in [6.45, 7) is 1.47. The molecule has 3 aromatic rings. The normalized spacial score (nSPS) is 25.9. The number of nitrogens with two attached hydrogens (primary N) is 2. The van der Waals surface area contributed by atoms with E-state index in [4.69, 9.17) is 34.7 Å². The van der Waals surface area contributed by atoms with E-state index in [1.807, 2.05) is 0 Å². The van der Waals surface area contributed by atoms with Gasteiger partial charge in [0.25, 0.3) is 0 Å². The molecule has 0 aliphatic carbocycles. The van der Waals surface area contributed by atoms with Gasteiger partial charge >= 0.3 is 27.3 Å². The molecule has 5 rings (SSSR count). The minimum absolute atomic E-state index is 0.0104. The summed E-state index contributed by atoms with van der Waals surface area (Å²) in [5.74, 6) is -1.99. The molecular formula is C31H43F2N9O16P2. The highest BCUT2D eigenvalue weighted by Crippen LogP contribution is 2.50. The summed E-state index contributed by atoms with van der Waals surface area (Å²) in [5.41, 5.74) is 10.5.